The van der Waals surface area contributed by atoms with E-state index in [-0.39, 0.29) is 11.8 Å². The zero-order valence-corrected chi connectivity index (χ0v) is 14.5. The lowest BCUT2D eigenvalue weighted by Crippen LogP contribution is -2.49. The van der Waals surface area contributed by atoms with Crippen LogP contribution in [0.4, 0.5) is 14.9 Å². The monoisotopic (exact) mass is 341 g/mol. The quantitative estimate of drug-likeness (QED) is 0.919. The standard InChI is InChI=1S/C20H24FN3O/c1-2-16-6-8-19(9-7-16)22-20(25)24-12-10-23(11-13-24)15-17-4-3-5-18(21)14-17/h3-9,14H,2,10-13,15H2,1H3,(H,22,25). The number of hydrogen-bond donors (Lipinski definition) is 1. The number of nitrogens with one attached hydrogen (secondary N) is 1. The molecule has 2 amide bonds. The fourth-order valence-corrected chi connectivity index (χ4v) is 3.03. The topological polar surface area (TPSA) is 35.6 Å². The van der Waals surface area contributed by atoms with E-state index in [9.17, 15) is 9.18 Å². The van der Waals surface area contributed by atoms with E-state index >= 15 is 0 Å². The summed E-state index contributed by atoms with van der Waals surface area (Å²) in [4.78, 5) is 16.5. The second-order valence-corrected chi connectivity index (χ2v) is 6.37. The van der Waals surface area contributed by atoms with Crippen LogP contribution in [0.5, 0.6) is 0 Å². The highest BCUT2D eigenvalue weighted by atomic mass is 19.1. The van der Waals surface area contributed by atoms with Crippen molar-refractivity contribution in [1.29, 1.82) is 0 Å². The molecule has 0 aliphatic carbocycles. The smallest absolute Gasteiger partial charge is 0.321 e. The zero-order chi connectivity index (χ0) is 17.6. The third kappa shape index (κ3) is 4.79. The van der Waals surface area contributed by atoms with Gasteiger partial charge in [0.2, 0.25) is 0 Å². The maximum absolute atomic E-state index is 13.3. The molecule has 4 nitrogen and oxygen atoms in total. The molecule has 1 heterocycles. The van der Waals surface area contributed by atoms with Gasteiger partial charge >= 0.3 is 6.03 Å². The van der Waals surface area contributed by atoms with Gasteiger partial charge in [-0.15, -0.1) is 0 Å². The molecule has 0 aromatic heterocycles. The molecule has 1 saturated heterocycles. The van der Waals surface area contributed by atoms with Crippen molar-refractivity contribution in [3.05, 3.63) is 65.5 Å². The van der Waals surface area contributed by atoms with E-state index < -0.39 is 0 Å². The molecule has 1 aliphatic rings. The summed E-state index contributed by atoms with van der Waals surface area (Å²) in [5.41, 5.74) is 3.04. The van der Waals surface area contributed by atoms with Crippen LogP contribution in [0.25, 0.3) is 0 Å². The summed E-state index contributed by atoms with van der Waals surface area (Å²) in [7, 11) is 0. The lowest BCUT2D eigenvalue weighted by Gasteiger charge is -2.34. The molecule has 0 unspecified atom stereocenters. The van der Waals surface area contributed by atoms with E-state index in [0.717, 1.165) is 30.8 Å². The molecule has 2 aromatic carbocycles. The summed E-state index contributed by atoms with van der Waals surface area (Å²) < 4.78 is 13.3. The van der Waals surface area contributed by atoms with E-state index in [1.165, 1.54) is 11.6 Å². The number of urea groups is 1. The van der Waals surface area contributed by atoms with Gasteiger partial charge in [-0.2, -0.15) is 0 Å². The number of amides is 2. The fourth-order valence-electron chi connectivity index (χ4n) is 3.03. The Balaban J connectivity index is 1.48. The molecule has 0 radical (unpaired) electrons. The number of anilines is 1. The summed E-state index contributed by atoms with van der Waals surface area (Å²) in [6.45, 7) is 5.75. The Morgan fingerprint density at radius 3 is 2.40 bits per heavy atom. The first-order valence-corrected chi connectivity index (χ1v) is 8.75. The van der Waals surface area contributed by atoms with Crippen LogP contribution in [0.2, 0.25) is 0 Å². The molecule has 1 fully saturated rings. The Hall–Kier alpha value is -2.40. The average Bonchev–Trinajstić information content (AvgIpc) is 2.63. The van der Waals surface area contributed by atoms with E-state index in [1.807, 2.05) is 35.2 Å². The molecule has 132 valence electrons. The van der Waals surface area contributed by atoms with Crippen LogP contribution < -0.4 is 5.32 Å². The van der Waals surface area contributed by atoms with E-state index in [0.29, 0.717) is 19.6 Å². The first kappa shape index (κ1) is 17.4. The van der Waals surface area contributed by atoms with Crippen molar-refractivity contribution >= 4 is 11.7 Å². The first-order valence-electron chi connectivity index (χ1n) is 8.75. The van der Waals surface area contributed by atoms with Crippen LogP contribution >= 0.6 is 0 Å². The highest BCUT2D eigenvalue weighted by Gasteiger charge is 2.21. The first-order chi connectivity index (χ1) is 12.1. The molecule has 0 saturated carbocycles. The molecule has 25 heavy (non-hydrogen) atoms. The van der Waals surface area contributed by atoms with Gasteiger partial charge in [-0.3, -0.25) is 4.90 Å². The van der Waals surface area contributed by atoms with Crippen molar-refractivity contribution in [1.82, 2.24) is 9.80 Å². The largest absolute Gasteiger partial charge is 0.322 e. The van der Waals surface area contributed by atoms with Crippen molar-refractivity contribution in [2.75, 3.05) is 31.5 Å². The number of piperazine rings is 1. The molecular weight excluding hydrogens is 317 g/mol. The number of carbonyl (C=O) groups is 1. The summed E-state index contributed by atoms with van der Waals surface area (Å²) in [6.07, 6.45) is 0.988. The van der Waals surface area contributed by atoms with Gasteiger partial charge in [-0.25, -0.2) is 9.18 Å². The van der Waals surface area contributed by atoms with E-state index in [1.54, 1.807) is 12.1 Å². The predicted molar refractivity (Wildman–Crippen MR) is 98.1 cm³/mol. The third-order valence-electron chi connectivity index (χ3n) is 4.57. The van der Waals surface area contributed by atoms with Crippen molar-refractivity contribution < 1.29 is 9.18 Å². The van der Waals surface area contributed by atoms with Gasteiger partial charge in [0.1, 0.15) is 5.82 Å². The van der Waals surface area contributed by atoms with Gasteiger partial charge in [0.15, 0.2) is 0 Å². The minimum absolute atomic E-state index is 0.0605. The lowest BCUT2D eigenvalue weighted by atomic mass is 10.1. The molecule has 0 spiro atoms. The molecule has 5 heteroatoms. The molecule has 2 aromatic rings. The van der Waals surface area contributed by atoms with Crippen molar-refractivity contribution in [3.8, 4) is 0 Å². The van der Waals surface area contributed by atoms with Crippen molar-refractivity contribution in [2.45, 2.75) is 19.9 Å². The number of rotatable bonds is 4. The Morgan fingerprint density at radius 1 is 1.04 bits per heavy atom. The van der Waals surface area contributed by atoms with Crippen molar-refractivity contribution in [2.24, 2.45) is 0 Å². The Kier molecular flexibility index (Phi) is 5.66. The number of halogens is 1. The lowest BCUT2D eigenvalue weighted by molar-refractivity contribution is 0.143. The minimum Gasteiger partial charge on any atom is -0.322 e. The second kappa shape index (κ2) is 8.12. The molecule has 1 aliphatic heterocycles. The number of hydrogen-bond acceptors (Lipinski definition) is 2. The van der Waals surface area contributed by atoms with Crippen LogP contribution in [0.3, 0.4) is 0 Å². The number of nitrogens with zero attached hydrogens (tertiary/aromatic N) is 2. The number of aryl methyl sites for hydroxylation is 1. The zero-order valence-electron chi connectivity index (χ0n) is 14.5. The molecule has 1 N–H and O–H groups in total. The van der Waals surface area contributed by atoms with E-state index in [4.69, 9.17) is 0 Å². The third-order valence-corrected chi connectivity index (χ3v) is 4.57. The van der Waals surface area contributed by atoms with Gasteiger partial charge in [0.05, 0.1) is 0 Å². The summed E-state index contributed by atoms with van der Waals surface area (Å²) >= 11 is 0. The molecule has 0 bridgehead atoms. The normalized spacial score (nSPS) is 15.2. The van der Waals surface area contributed by atoms with Gasteiger partial charge in [0, 0.05) is 38.4 Å². The van der Waals surface area contributed by atoms with Gasteiger partial charge in [-0.1, -0.05) is 31.2 Å². The molecular formula is C20H24FN3O. The fraction of sp³-hybridized carbons (Fsp3) is 0.350. The van der Waals surface area contributed by atoms with Crippen LogP contribution in [0, 0.1) is 5.82 Å². The van der Waals surface area contributed by atoms with Crippen LogP contribution in [0.15, 0.2) is 48.5 Å². The number of benzene rings is 2. The van der Waals surface area contributed by atoms with Crippen LogP contribution in [-0.2, 0) is 13.0 Å². The van der Waals surface area contributed by atoms with Gasteiger partial charge < -0.3 is 10.2 Å². The highest BCUT2D eigenvalue weighted by molar-refractivity contribution is 5.89. The summed E-state index contributed by atoms with van der Waals surface area (Å²) in [5.74, 6) is -0.204. The van der Waals surface area contributed by atoms with Crippen LogP contribution in [0.1, 0.15) is 18.1 Å². The second-order valence-electron chi connectivity index (χ2n) is 6.37. The van der Waals surface area contributed by atoms with Gasteiger partial charge in [-0.05, 0) is 41.8 Å². The molecule has 0 atom stereocenters. The van der Waals surface area contributed by atoms with Crippen molar-refractivity contribution in [3.63, 3.8) is 0 Å². The Labute approximate surface area is 148 Å². The maximum atomic E-state index is 13.3. The van der Waals surface area contributed by atoms with E-state index in [2.05, 4.69) is 17.1 Å². The highest BCUT2D eigenvalue weighted by Crippen LogP contribution is 2.13. The Morgan fingerprint density at radius 2 is 1.76 bits per heavy atom. The average molecular weight is 341 g/mol. The van der Waals surface area contributed by atoms with Crippen LogP contribution in [-0.4, -0.2) is 42.0 Å². The predicted octanol–water partition coefficient (Wildman–Crippen LogP) is 3.74. The van der Waals surface area contributed by atoms with Gasteiger partial charge in [0.25, 0.3) is 0 Å². The minimum atomic E-state index is -0.204. The Bertz CT molecular complexity index is 709. The summed E-state index contributed by atoms with van der Waals surface area (Å²) in [6, 6.07) is 14.6. The number of carbonyl (C=O) groups excluding carboxylic acids is 1. The molecule has 3 rings (SSSR count). The SMILES string of the molecule is CCc1ccc(NC(=O)N2CCN(Cc3cccc(F)c3)CC2)cc1. The maximum Gasteiger partial charge on any atom is 0.321 e. The summed E-state index contributed by atoms with van der Waals surface area (Å²) in [5, 5.41) is 2.95.